The number of aromatic nitrogens is 2. The largest absolute Gasteiger partial charge is 0.462 e. The van der Waals surface area contributed by atoms with Gasteiger partial charge in [0.1, 0.15) is 18.1 Å². The van der Waals surface area contributed by atoms with Crippen LogP contribution in [0.2, 0.25) is 0 Å². The smallest absolute Gasteiger partial charge is 0.319 e. The van der Waals surface area contributed by atoms with Crippen LogP contribution in [0.25, 0.3) is 0 Å². The van der Waals surface area contributed by atoms with Gasteiger partial charge in [-0.2, -0.15) is 9.97 Å². The van der Waals surface area contributed by atoms with Crippen LogP contribution in [0.4, 0.5) is 5.82 Å². The maximum absolute atomic E-state index is 11.1. The molecule has 22 heavy (non-hydrogen) atoms. The molecule has 0 radical (unpaired) electrons. The Kier molecular flexibility index (Phi) is 4.84. The number of carbonyl (C=O) groups excluding carboxylic acids is 1. The van der Waals surface area contributed by atoms with Gasteiger partial charge >= 0.3 is 6.01 Å². The average molecular weight is 305 g/mol. The molecule has 1 aromatic heterocycles. The molecule has 0 amide bonds. The fourth-order valence-corrected chi connectivity index (χ4v) is 2.97. The summed E-state index contributed by atoms with van der Waals surface area (Å²) in [6.45, 7) is 5.27. The van der Waals surface area contributed by atoms with Crippen LogP contribution < -0.4 is 15.0 Å². The normalized spacial score (nSPS) is 22.8. The van der Waals surface area contributed by atoms with Crippen molar-refractivity contribution in [2.75, 3.05) is 51.3 Å². The van der Waals surface area contributed by atoms with Crippen LogP contribution in [0.15, 0.2) is 6.07 Å². The van der Waals surface area contributed by atoms with Crippen LogP contribution in [0.3, 0.4) is 0 Å². The Hall–Kier alpha value is -1.73. The second kappa shape index (κ2) is 7.02. The van der Waals surface area contributed by atoms with Crippen LogP contribution in [-0.4, -0.2) is 73.6 Å². The van der Waals surface area contributed by atoms with Crippen LogP contribution in [0, 0.1) is 0 Å². The Morgan fingerprint density at radius 3 is 2.86 bits per heavy atom. The highest BCUT2D eigenvalue weighted by Gasteiger charge is 2.22. The van der Waals surface area contributed by atoms with Gasteiger partial charge in [0.25, 0.3) is 0 Å². The van der Waals surface area contributed by atoms with E-state index in [2.05, 4.69) is 32.1 Å². The zero-order valence-electron chi connectivity index (χ0n) is 13.0. The third-order valence-corrected chi connectivity index (χ3v) is 4.35. The highest BCUT2D eigenvalue weighted by Crippen LogP contribution is 2.19. The van der Waals surface area contributed by atoms with Crippen molar-refractivity contribution < 1.29 is 9.53 Å². The van der Waals surface area contributed by atoms with Crippen molar-refractivity contribution in [3.63, 3.8) is 0 Å². The van der Waals surface area contributed by atoms with E-state index in [0.29, 0.717) is 24.4 Å². The molecule has 2 aliphatic heterocycles. The number of rotatable bonds is 5. The number of aldehydes is 1. The van der Waals surface area contributed by atoms with Crippen molar-refractivity contribution in [3.05, 3.63) is 11.8 Å². The summed E-state index contributed by atoms with van der Waals surface area (Å²) in [5.74, 6) is 0.772. The second-order valence-corrected chi connectivity index (χ2v) is 5.88. The molecule has 2 fully saturated rings. The molecule has 0 aliphatic carbocycles. The molecule has 2 saturated heterocycles. The molecular weight excluding hydrogens is 282 g/mol. The number of carbonyl (C=O) groups is 1. The highest BCUT2D eigenvalue weighted by atomic mass is 16.5. The molecule has 7 nitrogen and oxygen atoms in total. The van der Waals surface area contributed by atoms with E-state index >= 15 is 0 Å². The lowest BCUT2D eigenvalue weighted by molar-refractivity contribution is 0.111. The first-order valence-electron chi connectivity index (χ1n) is 7.89. The van der Waals surface area contributed by atoms with E-state index < -0.39 is 0 Å². The van der Waals surface area contributed by atoms with Crippen molar-refractivity contribution in [2.45, 2.75) is 18.9 Å². The van der Waals surface area contributed by atoms with Crippen LogP contribution in [0.1, 0.15) is 23.3 Å². The van der Waals surface area contributed by atoms with Crippen LogP contribution in [-0.2, 0) is 0 Å². The van der Waals surface area contributed by atoms with Gasteiger partial charge < -0.3 is 19.9 Å². The molecule has 0 saturated carbocycles. The third-order valence-electron chi connectivity index (χ3n) is 4.35. The minimum absolute atomic E-state index is 0.304. The Morgan fingerprint density at radius 1 is 1.36 bits per heavy atom. The molecule has 2 aliphatic rings. The van der Waals surface area contributed by atoms with E-state index in [4.69, 9.17) is 4.74 Å². The minimum Gasteiger partial charge on any atom is -0.462 e. The van der Waals surface area contributed by atoms with Gasteiger partial charge in [-0.05, 0) is 26.4 Å². The van der Waals surface area contributed by atoms with E-state index in [0.717, 1.165) is 51.2 Å². The lowest BCUT2D eigenvalue weighted by Gasteiger charge is -2.28. The number of likely N-dealkylation sites (tertiary alicyclic amines) is 1. The van der Waals surface area contributed by atoms with Crippen LogP contribution in [0.5, 0.6) is 6.01 Å². The molecule has 7 heteroatoms. The Labute approximate surface area is 130 Å². The first-order valence-corrected chi connectivity index (χ1v) is 7.89. The molecule has 120 valence electrons. The van der Waals surface area contributed by atoms with Crippen molar-refractivity contribution in [1.82, 2.24) is 20.2 Å². The number of likely N-dealkylation sites (N-methyl/N-ethyl adjacent to an activating group) is 1. The molecule has 0 spiro atoms. The molecule has 0 unspecified atom stereocenters. The van der Waals surface area contributed by atoms with Gasteiger partial charge in [-0.25, -0.2) is 0 Å². The van der Waals surface area contributed by atoms with Crippen molar-refractivity contribution >= 4 is 12.1 Å². The summed E-state index contributed by atoms with van der Waals surface area (Å²) in [4.78, 5) is 24.2. The van der Waals surface area contributed by atoms with Gasteiger partial charge in [-0.1, -0.05) is 0 Å². The SMILES string of the molecule is CN1CCC[C@H]1COc1nc(C=O)cc(N2CCNCC2)n1. The van der Waals surface area contributed by atoms with E-state index in [9.17, 15) is 4.79 Å². The molecule has 1 aromatic rings. The number of hydrogen-bond acceptors (Lipinski definition) is 7. The van der Waals surface area contributed by atoms with Gasteiger partial charge in [0.05, 0.1) is 0 Å². The average Bonchev–Trinajstić information content (AvgIpc) is 2.98. The molecule has 1 atom stereocenters. The molecule has 0 bridgehead atoms. The third kappa shape index (κ3) is 3.53. The fourth-order valence-electron chi connectivity index (χ4n) is 2.97. The highest BCUT2D eigenvalue weighted by molar-refractivity contribution is 5.73. The summed E-state index contributed by atoms with van der Waals surface area (Å²) in [6.07, 6.45) is 3.09. The van der Waals surface area contributed by atoms with Crippen molar-refractivity contribution in [2.24, 2.45) is 0 Å². The Morgan fingerprint density at radius 2 is 2.18 bits per heavy atom. The predicted octanol–water partition coefficient (Wildman–Crippen LogP) is 0.172. The summed E-state index contributed by atoms with van der Waals surface area (Å²) in [5.41, 5.74) is 0.373. The van der Waals surface area contributed by atoms with Gasteiger partial charge in [-0.3, -0.25) is 4.79 Å². The second-order valence-electron chi connectivity index (χ2n) is 5.88. The van der Waals surface area contributed by atoms with Crippen molar-refractivity contribution in [1.29, 1.82) is 0 Å². The molecule has 0 aromatic carbocycles. The van der Waals surface area contributed by atoms with Crippen molar-refractivity contribution in [3.8, 4) is 6.01 Å². The number of ether oxygens (including phenoxy) is 1. The first-order chi connectivity index (χ1) is 10.8. The summed E-state index contributed by atoms with van der Waals surface area (Å²) in [5, 5.41) is 3.30. The maximum Gasteiger partial charge on any atom is 0.319 e. The summed E-state index contributed by atoms with van der Waals surface area (Å²) in [7, 11) is 2.11. The fraction of sp³-hybridized carbons (Fsp3) is 0.667. The topological polar surface area (TPSA) is 70.6 Å². The van der Waals surface area contributed by atoms with Gasteiger partial charge in [0.15, 0.2) is 6.29 Å². The lowest BCUT2D eigenvalue weighted by Crippen LogP contribution is -2.44. The summed E-state index contributed by atoms with van der Waals surface area (Å²) in [6, 6.07) is 2.44. The lowest BCUT2D eigenvalue weighted by atomic mass is 10.2. The Bertz CT molecular complexity index is 519. The van der Waals surface area contributed by atoms with Crippen LogP contribution >= 0.6 is 0 Å². The quantitative estimate of drug-likeness (QED) is 0.778. The first kappa shape index (κ1) is 15.2. The number of nitrogens with zero attached hydrogens (tertiary/aromatic N) is 4. The van der Waals surface area contributed by atoms with Gasteiger partial charge in [0, 0.05) is 38.3 Å². The number of piperazine rings is 1. The van der Waals surface area contributed by atoms with E-state index in [-0.39, 0.29) is 0 Å². The number of anilines is 1. The zero-order chi connectivity index (χ0) is 15.4. The predicted molar refractivity (Wildman–Crippen MR) is 83.6 cm³/mol. The van der Waals surface area contributed by atoms with E-state index in [1.54, 1.807) is 6.07 Å². The minimum atomic E-state index is 0.304. The standard InChI is InChI=1S/C15H23N5O2/c1-19-6-2-3-13(19)11-22-15-17-12(10-21)9-14(18-15)20-7-4-16-5-8-20/h9-10,13,16H,2-8,11H2,1H3/t13-/m0/s1. The maximum atomic E-state index is 11.1. The molecular formula is C15H23N5O2. The van der Waals surface area contributed by atoms with Gasteiger partial charge in [-0.15, -0.1) is 0 Å². The Balaban J connectivity index is 1.70. The summed E-state index contributed by atoms with van der Waals surface area (Å²) >= 11 is 0. The van der Waals surface area contributed by atoms with Gasteiger partial charge in [0.2, 0.25) is 0 Å². The monoisotopic (exact) mass is 305 g/mol. The molecule has 3 rings (SSSR count). The van der Waals surface area contributed by atoms with E-state index in [1.165, 1.54) is 6.42 Å². The number of nitrogens with one attached hydrogen (secondary N) is 1. The molecule has 1 N–H and O–H groups in total. The van der Waals surface area contributed by atoms with E-state index in [1.807, 2.05) is 0 Å². The summed E-state index contributed by atoms with van der Waals surface area (Å²) < 4.78 is 5.77. The number of hydrogen-bond donors (Lipinski definition) is 1. The zero-order valence-corrected chi connectivity index (χ0v) is 13.0. The molecule has 3 heterocycles.